The lowest BCUT2D eigenvalue weighted by molar-refractivity contribution is -0.113. The second kappa shape index (κ2) is 11.9. The van der Waals surface area contributed by atoms with Crippen molar-refractivity contribution in [3.8, 4) is 22.7 Å². The smallest absolute Gasteiger partial charge is 0.286 e. The van der Waals surface area contributed by atoms with Crippen LogP contribution in [-0.4, -0.2) is 51.1 Å². The molecule has 0 radical (unpaired) electrons. The number of carbonyl (C=O) groups is 1. The number of aromatic nitrogens is 2. The molecule has 0 aliphatic carbocycles. The van der Waals surface area contributed by atoms with Gasteiger partial charge in [-0.1, -0.05) is 41.9 Å². The molecule has 6 rings (SSSR count). The van der Waals surface area contributed by atoms with E-state index in [0.29, 0.717) is 29.6 Å². The topological polar surface area (TPSA) is 69.0 Å². The first-order chi connectivity index (χ1) is 19.9. The van der Waals surface area contributed by atoms with E-state index in [1.54, 1.807) is 0 Å². The lowest BCUT2D eigenvalue weighted by Gasteiger charge is -2.35. The first kappa shape index (κ1) is 27.3. The number of morpholine rings is 1. The van der Waals surface area contributed by atoms with Gasteiger partial charge in [0, 0.05) is 35.4 Å². The standard InChI is InChI=1S/C32H29ClN4O3S/c1-21-17-36(18-22(2)40-21)32-34-31(38)29(41-32)16-25-19-37(27-6-4-3-5-7-27)35-30(25)24-10-14-28(15-11-24)39-20-23-8-12-26(33)13-9-23/h3-16,19,21-22H,17-18,20H2,1-2H3/b29-16-/t21-,22-/m0/s1. The van der Waals surface area contributed by atoms with Crippen LogP contribution >= 0.6 is 23.4 Å². The zero-order chi connectivity index (χ0) is 28.3. The molecule has 7 nitrogen and oxygen atoms in total. The van der Waals surface area contributed by atoms with Crippen molar-refractivity contribution in [3.05, 3.63) is 106 Å². The third kappa shape index (κ3) is 6.40. The molecule has 0 bridgehead atoms. The van der Waals surface area contributed by atoms with Gasteiger partial charge in [0.25, 0.3) is 5.91 Å². The molecule has 41 heavy (non-hydrogen) atoms. The molecule has 0 unspecified atom stereocenters. The average Bonchev–Trinajstić information content (AvgIpc) is 3.57. The Hall–Kier alpha value is -3.85. The van der Waals surface area contributed by atoms with E-state index < -0.39 is 0 Å². The maximum atomic E-state index is 13.0. The molecular formula is C32H29ClN4O3S. The number of benzene rings is 3. The second-order valence-electron chi connectivity index (χ2n) is 10.1. The number of para-hydroxylation sites is 1. The highest BCUT2D eigenvalue weighted by Crippen LogP contribution is 2.34. The highest BCUT2D eigenvalue weighted by molar-refractivity contribution is 8.18. The Morgan fingerprint density at radius 3 is 2.41 bits per heavy atom. The number of halogens is 1. The van der Waals surface area contributed by atoms with Crippen molar-refractivity contribution in [2.45, 2.75) is 32.7 Å². The Kier molecular flexibility index (Phi) is 7.96. The number of amides is 1. The molecule has 2 aliphatic rings. The molecule has 9 heteroatoms. The molecule has 1 aromatic heterocycles. The van der Waals surface area contributed by atoms with Crippen molar-refractivity contribution in [1.29, 1.82) is 0 Å². The van der Waals surface area contributed by atoms with Crippen LogP contribution in [0.15, 0.2) is 95.0 Å². The summed E-state index contributed by atoms with van der Waals surface area (Å²) < 4.78 is 13.7. The van der Waals surface area contributed by atoms with Gasteiger partial charge in [0.2, 0.25) is 0 Å². The molecule has 2 aliphatic heterocycles. The third-order valence-corrected chi connectivity index (χ3v) is 8.09. The number of hydrogen-bond acceptors (Lipinski definition) is 6. The van der Waals surface area contributed by atoms with Crippen LogP contribution in [0.3, 0.4) is 0 Å². The van der Waals surface area contributed by atoms with Crippen LogP contribution in [0.25, 0.3) is 23.0 Å². The number of ether oxygens (including phenoxy) is 2. The molecule has 0 saturated carbocycles. The Morgan fingerprint density at radius 1 is 1.00 bits per heavy atom. The minimum Gasteiger partial charge on any atom is -0.489 e. The van der Waals surface area contributed by atoms with E-state index in [4.69, 9.17) is 26.2 Å². The van der Waals surface area contributed by atoms with Gasteiger partial charge in [-0.2, -0.15) is 10.1 Å². The predicted octanol–water partition coefficient (Wildman–Crippen LogP) is 6.85. The zero-order valence-electron chi connectivity index (χ0n) is 22.7. The van der Waals surface area contributed by atoms with Crippen LogP contribution in [0.5, 0.6) is 5.75 Å². The van der Waals surface area contributed by atoms with Crippen molar-refractivity contribution >= 4 is 40.5 Å². The summed E-state index contributed by atoms with van der Waals surface area (Å²) in [6, 6.07) is 25.4. The fraction of sp³-hybridized carbons (Fsp3) is 0.219. The van der Waals surface area contributed by atoms with Crippen molar-refractivity contribution in [2.75, 3.05) is 13.1 Å². The summed E-state index contributed by atoms with van der Waals surface area (Å²) in [7, 11) is 0. The van der Waals surface area contributed by atoms with Crippen LogP contribution in [0.1, 0.15) is 25.0 Å². The number of carbonyl (C=O) groups excluding carboxylic acids is 1. The number of nitrogens with zero attached hydrogens (tertiary/aromatic N) is 4. The highest BCUT2D eigenvalue weighted by atomic mass is 35.5. The summed E-state index contributed by atoms with van der Waals surface area (Å²) in [5.41, 5.74) is 4.48. The summed E-state index contributed by atoms with van der Waals surface area (Å²) >= 11 is 7.39. The Bertz CT molecular complexity index is 1590. The van der Waals surface area contributed by atoms with Crippen molar-refractivity contribution < 1.29 is 14.3 Å². The third-order valence-electron chi connectivity index (χ3n) is 6.80. The van der Waals surface area contributed by atoms with Gasteiger partial charge < -0.3 is 14.4 Å². The van der Waals surface area contributed by atoms with Crippen molar-refractivity contribution in [3.63, 3.8) is 0 Å². The van der Waals surface area contributed by atoms with Gasteiger partial charge in [0.1, 0.15) is 12.4 Å². The van der Waals surface area contributed by atoms with Crippen molar-refractivity contribution in [2.24, 2.45) is 4.99 Å². The number of rotatable bonds is 6. The lowest BCUT2D eigenvalue weighted by Crippen LogP contribution is -2.47. The normalized spacial score (nSPS) is 20.0. The SMILES string of the molecule is C[C@H]1CN(C2=NC(=O)/C(=C/c3cn(-c4ccccc4)nc3-c3ccc(OCc4ccc(Cl)cc4)cc3)S2)C[C@H](C)O1. The van der Waals surface area contributed by atoms with Crippen LogP contribution in [0, 0.1) is 0 Å². The molecule has 208 valence electrons. The van der Waals surface area contributed by atoms with Gasteiger partial charge in [0.15, 0.2) is 5.17 Å². The largest absolute Gasteiger partial charge is 0.489 e. The number of amidine groups is 1. The van der Waals surface area contributed by atoms with E-state index in [9.17, 15) is 4.79 Å². The van der Waals surface area contributed by atoms with E-state index >= 15 is 0 Å². The van der Waals surface area contributed by atoms with E-state index in [0.717, 1.165) is 39.0 Å². The van der Waals surface area contributed by atoms with Gasteiger partial charge in [-0.05, 0) is 85.8 Å². The molecule has 4 aromatic rings. The van der Waals surface area contributed by atoms with Crippen LogP contribution in [0.4, 0.5) is 0 Å². The second-order valence-corrected chi connectivity index (χ2v) is 11.6. The van der Waals surface area contributed by atoms with Crippen LogP contribution < -0.4 is 4.74 Å². The Morgan fingerprint density at radius 2 is 1.71 bits per heavy atom. The van der Waals surface area contributed by atoms with E-state index in [-0.39, 0.29) is 18.1 Å². The number of thioether (sulfide) groups is 1. The first-order valence-corrected chi connectivity index (χ1v) is 14.7. The van der Waals surface area contributed by atoms with Gasteiger partial charge in [-0.25, -0.2) is 4.68 Å². The molecule has 2 atom stereocenters. The summed E-state index contributed by atoms with van der Waals surface area (Å²) in [6.45, 7) is 5.94. The average molecular weight is 585 g/mol. The minimum absolute atomic E-state index is 0.0824. The molecule has 0 N–H and O–H groups in total. The quantitative estimate of drug-likeness (QED) is 0.231. The maximum absolute atomic E-state index is 13.0. The zero-order valence-corrected chi connectivity index (χ0v) is 24.3. The molecular weight excluding hydrogens is 556 g/mol. The van der Waals surface area contributed by atoms with Crippen molar-refractivity contribution in [1.82, 2.24) is 14.7 Å². The van der Waals surface area contributed by atoms with E-state index in [1.165, 1.54) is 11.8 Å². The lowest BCUT2D eigenvalue weighted by atomic mass is 10.1. The van der Waals surface area contributed by atoms with Gasteiger partial charge >= 0.3 is 0 Å². The van der Waals surface area contributed by atoms with Gasteiger partial charge in [0.05, 0.1) is 28.5 Å². The molecule has 1 amide bonds. The molecule has 0 spiro atoms. The highest BCUT2D eigenvalue weighted by Gasteiger charge is 2.31. The molecule has 1 saturated heterocycles. The maximum Gasteiger partial charge on any atom is 0.286 e. The van der Waals surface area contributed by atoms with Gasteiger partial charge in [-0.3, -0.25) is 4.79 Å². The van der Waals surface area contributed by atoms with Gasteiger partial charge in [-0.15, -0.1) is 0 Å². The summed E-state index contributed by atoms with van der Waals surface area (Å²) in [5.74, 6) is 0.515. The van der Waals surface area contributed by atoms with E-state index in [2.05, 4.69) is 9.89 Å². The Labute approximate surface area is 248 Å². The number of hydrogen-bond donors (Lipinski definition) is 0. The summed E-state index contributed by atoms with van der Waals surface area (Å²) in [5, 5.41) is 6.34. The molecule has 3 aromatic carbocycles. The van der Waals surface area contributed by atoms with Crippen LogP contribution in [0.2, 0.25) is 5.02 Å². The fourth-order valence-electron chi connectivity index (χ4n) is 4.90. The van der Waals surface area contributed by atoms with E-state index in [1.807, 2.05) is 110 Å². The monoisotopic (exact) mass is 584 g/mol. The fourth-order valence-corrected chi connectivity index (χ4v) is 5.94. The Balaban J connectivity index is 1.26. The summed E-state index contributed by atoms with van der Waals surface area (Å²) in [4.78, 5) is 20.1. The molecule has 3 heterocycles. The predicted molar refractivity (Wildman–Crippen MR) is 164 cm³/mol. The minimum atomic E-state index is -0.235. The molecule has 1 fully saturated rings. The van der Waals surface area contributed by atoms with Crippen LogP contribution in [-0.2, 0) is 16.1 Å². The number of aliphatic imine (C=N–C) groups is 1. The first-order valence-electron chi connectivity index (χ1n) is 13.5. The summed E-state index contributed by atoms with van der Waals surface area (Å²) in [6.07, 6.45) is 4.01.